The third-order valence-electron chi connectivity index (χ3n) is 4.87. The first-order valence-corrected chi connectivity index (χ1v) is 8.84. The van der Waals surface area contributed by atoms with Crippen molar-refractivity contribution in [2.75, 3.05) is 19.6 Å². The SMILES string of the molecule is Cc1ccccc1CC(=O)NCC(c1ccccc1)N1CCCC1. The summed E-state index contributed by atoms with van der Waals surface area (Å²) >= 11 is 0. The molecule has 2 aromatic rings. The molecule has 0 aliphatic carbocycles. The van der Waals surface area contributed by atoms with E-state index in [0.717, 1.165) is 18.7 Å². The summed E-state index contributed by atoms with van der Waals surface area (Å²) in [6, 6.07) is 18.9. The number of likely N-dealkylation sites (tertiary alicyclic amines) is 1. The Morgan fingerprint density at radius 2 is 1.71 bits per heavy atom. The molecule has 1 saturated heterocycles. The molecule has 1 aliphatic heterocycles. The Bertz CT molecular complexity index is 663. The number of carbonyl (C=O) groups is 1. The first kappa shape index (κ1) is 16.7. The van der Waals surface area contributed by atoms with Crippen LogP contribution < -0.4 is 5.32 Å². The molecule has 0 aromatic heterocycles. The van der Waals surface area contributed by atoms with E-state index in [1.165, 1.54) is 24.0 Å². The van der Waals surface area contributed by atoms with Crippen LogP contribution in [0.3, 0.4) is 0 Å². The molecule has 1 unspecified atom stereocenters. The van der Waals surface area contributed by atoms with E-state index >= 15 is 0 Å². The van der Waals surface area contributed by atoms with Gasteiger partial charge in [0.15, 0.2) is 0 Å². The van der Waals surface area contributed by atoms with Gasteiger partial charge in [-0.15, -0.1) is 0 Å². The average Bonchev–Trinajstić information content (AvgIpc) is 3.12. The molecule has 1 heterocycles. The topological polar surface area (TPSA) is 32.3 Å². The van der Waals surface area contributed by atoms with Crippen molar-refractivity contribution in [3.8, 4) is 0 Å². The normalized spacial score (nSPS) is 16.0. The summed E-state index contributed by atoms with van der Waals surface area (Å²) in [5.74, 6) is 0.101. The molecule has 0 spiro atoms. The molecule has 0 saturated carbocycles. The zero-order chi connectivity index (χ0) is 16.8. The summed E-state index contributed by atoms with van der Waals surface area (Å²) in [6.45, 7) is 4.97. The van der Waals surface area contributed by atoms with Gasteiger partial charge in [-0.05, 0) is 49.5 Å². The van der Waals surface area contributed by atoms with Crippen LogP contribution in [0.5, 0.6) is 0 Å². The van der Waals surface area contributed by atoms with Crippen molar-refractivity contribution in [3.63, 3.8) is 0 Å². The van der Waals surface area contributed by atoms with Gasteiger partial charge < -0.3 is 5.32 Å². The average molecular weight is 322 g/mol. The van der Waals surface area contributed by atoms with Crippen molar-refractivity contribution in [1.29, 1.82) is 0 Å². The van der Waals surface area contributed by atoms with E-state index in [2.05, 4.69) is 47.5 Å². The molecule has 1 fully saturated rings. The molecule has 1 aliphatic rings. The lowest BCUT2D eigenvalue weighted by Gasteiger charge is -2.28. The minimum atomic E-state index is 0.101. The molecule has 3 nitrogen and oxygen atoms in total. The second-order valence-electron chi connectivity index (χ2n) is 6.58. The Labute approximate surface area is 144 Å². The van der Waals surface area contributed by atoms with Gasteiger partial charge in [-0.1, -0.05) is 54.6 Å². The van der Waals surface area contributed by atoms with Crippen LogP contribution in [0.15, 0.2) is 54.6 Å². The van der Waals surface area contributed by atoms with E-state index in [4.69, 9.17) is 0 Å². The van der Waals surface area contributed by atoms with Gasteiger partial charge in [0.2, 0.25) is 5.91 Å². The highest BCUT2D eigenvalue weighted by Crippen LogP contribution is 2.24. The number of amides is 1. The van der Waals surface area contributed by atoms with E-state index in [9.17, 15) is 4.79 Å². The summed E-state index contributed by atoms with van der Waals surface area (Å²) in [4.78, 5) is 14.9. The van der Waals surface area contributed by atoms with Crippen LogP contribution in [-0.2, 0) is 11.2 Å². The van der Waals surface area contributed by atoms with Crippen LogP contribution in [0.4, 0.5) is 0 Å². The standard InChI is InChI=1S/C21H26N2O/c1-17-9-5-6-12-19(17)15-21(24)22-16-20(23-13-7-8-14-23)18-10-3-2-4-11-18/h2-6,9-12,20H,7-8,13-16H2,1H3,(H,22,24). The summed E-state index contributed by atoms with van der Waals surface area (Å²) in [5.41, 5.74) is 3.56. The highest BCUT2D eigenvalue weighted by Gasteiger charge is 2.23. The second kappa shape index (κ2) is 8.11. The second-order valence-corrected chi connectivity index (χ2v) is 6.58. The first-order chi connectivity index (χ1) is 11.7. The van der Waals surface area contributed by atoms with Gasteiger partial charge >= 0.3 is 0 Å². The number of nitrogens with one attached hydrogen (secondary N) is 1. The Morgan fingerprint density at radius 1 is 1.04 bits per heavy atom. The van der Waals surface area contributed by atoms with E-state index in [0.29, 0.717) is 13.0 Å². The smallest absolute Gasteiger partial charge is 0.224 e. The Morgan fingerprint density at radius 3 is 2.42 bits per heavy atom. The zero-order valence-electron chi connectivity index (χ0n) is 14.4. The van der Waals surface area contributed by atoms with Gasteiger partial charge in [-0.3, -0.25) is 9.69 Å². The molecule has 1 amide bonds. The molecular weight excluding hydrogens is 296 g/mol. The third kappa shape index (κ3) is 4.24. The van der Waals surface area contributed by atoms with E-state index < -0.39 is 0 Å². The third-order valence-corrected chi connectivity index (χ3v) is 4.87. The number of hydrogen-bond donors (Lipinski definition) is 1. The van der Waals surface area contributed by atoms with Crippen molar-refractivity contribution >= 4 is 5.91 Å². The van der Waals surface area contributed by atoms with Crippen LogP contribution >= 0.6 is 0 Å². The molecule has 3 heteroatoms. The quantitative estimate of drug-likeness (QED) is 0.883. The maximum Gasteiger partial charge on any atom is 0.224 e. The van der Waals surface area contributed by atoms with Crippen LogP contribution in [0.25, 0.3) is 0 Å². The molecule has 3 rings (SSSR count). The Hall–Kier alpha value is -2.13. The Balaban J connectivity index is 1.63. The summed E-state index contributed by atoms with van der Waals surface area (Å²) < 4.78 is 0. The zero-order valence-corrected chi connectivity index (χ0v) is 14.4. The van der Waals surface area contributed by atoms with Gasteiger partial charge in [-0.2, -0.15) is 0 Å². The largest absolute Gasteiger partial charge is 0.354 e. The number of carbonyl (C=O) groups excluding carboxylic acids is 1. The van der Waals surface area contributed by atoms with Gasteiger partial charge in [-0.25, -0.2) is 0 Å². The van der Waals surface area contributed by atoms with Crippen LogP contribution in [0, 0.1) is 6.92 Å². The predicted octanol–water partition coefficient (Wildman–Crippen LogP) is 3.49. The van der Waals surface area contributed by atoms with Crippen molar-refractivity contribution in [3.05, 3.63) is 71.3 Å². The number of hydrogen-bond acceptors (Lipinski definition) is 2. The fourth-order valence-corrected chi connectivity index (χ4v) is 3.44. The first-order valence-electron chi connectivity index (χ1n) is 8.84. The molecular formula is C21H26N2O. The van der Waals surface area contributed by atoms with Crippen LogP contribution in [-0.4, -0.2) is 30.4 Å². The van der Waals surface area contributed by atoms with Gasteiger partial charge in [0.25, 0.3) is 0 Å². The molecule has 0 bridgehead atoms. The summed E-state index contributed by atoms with van der Waals surface area (Å²) in [7, 11) is 0. The summed E-state index contributed by atoms with van der Waals surface area (Å²) in [6.07, 6.45) is 2.95. The maximum atomic E-state index is 12.4. The van der Waals surface area contributed by atoms with E-state index in [1.54, 1.807) is 0 Å². The van der Waals surface area contributed by atoms with Gasteiger partial charge in [0, 0.05) is 6.54 Å². The minimum absolute atomic E-state index is 0.101. The fourth-order valence-electron chi connectivity index (χ4n) is 3.44. The minimum Gasteiger partial charge on any atom is -0.354 e. The van der Waals surface area contributed by atoms with Crippen molar-refractivity contribution in [2.24, 2.45) is 0 Å². The fraction of sp³-hybridized carbons (Fsp3) is 0.381. The lowest BCUT2D eigenvalue weighted by Crippen LogP contribution is -2.37. The van der Waals surface area contributed by atoms with Gasteiger partial charge in [0.1, 0.15) is 0 Å². The molecule has 24 heavy (non-hydrogen) atoms. The number of rotatable bonds is 6. The Kier molecular flexibility index (Phi) is 5.65. The van der Waals surface area contributed by atoms with Crippen LogP contribution in [0.1, 0.15) is 35.6 Å². The molecule has 1 N–H and O–H groups in total. The predicted molar refractivity (Wildman–Crippen MR) is 97.9 cm³/mol. The number of aryl methyl sites for hydroxylation is 1. The summed E-state index contributed by atoms with van der Waals surface area (Å²) in [5, 5.41) is 3.15. The van der Waals surface area contributed by atoms with Crippen LogP contribution in [0.2, 0.25) is 0 Å². The molecule has 126 valence electrons. The van der Waals surface area contributed by atoms with Crippen molar-refractivity contribution < 1.29 is 4.79 Å². The van der Waals surface area contributed by atoms with Crippen molar-refractivity contribution in [2.45, 2.75) is 32.2 Å². The molecule has 0 radical (unpaired) electrons. The van der Waals surface area contributed by atoms with E-state index in [-0.39, 0.29) is 11.9 Å². The highest BCUT2D eigenvalue weighted by molar-refractivity contribution is 5.78. The molecule has 1 atom stereocenters. The van der Waals surface area contributed by atoms with Gasteiger partial charge in [0.05, 0.1) is 12.5 Å². The number of nitrogens with zero attached hydrogens (tertiary/aromatic N) is 1. The lowest BCUT2D eigenvalue weighted by atomic mass is 10.0. The van der Waals surface area contributed by atoms with E-state index in [1.807, 2.05) is 24.3 Å². The lowest BCUT2D eigenvalue weighted by molar-refractivity contribution is -0.120. The monoisotopic (exact) mass is 322 g/mol. The number of benzene rings is 2. The van der Waals surface area contributed by atoms with Crippen molar-refractivity contribution in [1.82, 2.24) is 10.2 Å². The molecule has 2 aromatic carbocycles. The maximum absolute atomic E-state index is 12.4. The highest BCUT2D eigenvalue weighted by atomic mass is 16.1.